The molecule has 1 atom stereocenters. The van der Waals surface area contributed by atoms with E-state index in [1.54, 1.807) is 6.92 Å². The lowest BCUT2D eigenvalue weighted by atomic mass is 10.2. The smallest absolute Gasteiger partial charge is 0.333 e. The highest BCUT2D eigenvalue weighted by molar-refractivity contribution is 5.86. The third kappa shape index (κ3) is 5.20. The molecule has 0 spiro atoms. The zero-order chi connectivity index (χ0) is 12.7. The van der Waals surface area contributed by atoms with Gasteiger partial charge < -0.3 is 10.1 Å². The highest BCUT2D eigenvalue weighted by Crippen LogP contribution is 2.08. The first-order chi connectivity index (χ1) is 8.09. The molecule has 0 fully saturated rings. The third-order valence-electron chi connectivity index (χ3n) is 2.32. The lowest BCUT2D eigenvalue weighted by Crippen LogP contribution is -2.18. The van der Waals surface area contributed by atoms with Crippen LogP contribution in [0.25, 0.3) is 0 Å². The van der Waals surface area contributed by atoms with Crippen molar-refractivity contribution < 1.29 is 9.53 Å². The van der Waals surface area contributed by atoms with Crippen molar-refractivity contribution in [3.8, 4) is 0 Å². The monoisotopic (exact) mass is 233 g/mol. The van der Waals surface area contributed by atoms with Gasteiger partial charge in [0.15, 0.2) is 0 Å². The Hall–Kier alpha value is -1.77. The molecule has 1 unspecified atom stereocenters. The van der Waals surface area contributed by atoms with Crippen LogP contribution in [0.15, 0.2) is 42.5 Å². The molecular formula is C14H19NO2. The minimum Gasteiger partial charge on any atom is -0.462 e. The topological polar surface area (TPSA) is 38.3 Å². The van der Waals surface area contributed by atoms with E-state index in [1.807, 2.05) is 30.3 Å². The molecule has 1 rings (SSSR count). The van der Waals surface area contributed by atoms with Crippen LogP contribution in [0, 0.1) is 0 Å². The van der Waals surface area contributed by atoms with E-state index in [4.69, 9.17) is 4.74 Å². The summed E-state index contributed by atoms with van der Waals surface area (Å²) in [6.45, 7) is 7.64. The van der Waals surface area contributed by atoms with Crippen LogP contribution in [0.1, 0.15) is 20.3 Å². The molecule has 92 valence electrons. The fourth-order valence-electron chi connectivity index (χ4n) is 1.34. The Morgan fingerprint density at radius 3 is 2.65 bits per heavy atom. The predicted octanol–water partition coefficient (Wildman–Crippen LogP) is 3.00. The third-order valence-corrected chi connectivity index (χ3v) is 2.32. The molecule has 0 saturated carbocycles. The van der Waals surface area contributed by atoms with E-state index in [-0.39, 0.29) is 12.0 Å². The molecule has 17 heavy (non-hydrogen) atoms. The maximum Gasteiger partial charge on any atom is 0.333 e. The molecule has 0 aromatic heterocycles. The standard InChI is InChI=1S/C14H19NO2/c1-11(2)14(16)17-10-9-12(3)15-13-7-5-4-6-8-13/h4-8,12,15H,1,9-10H2,2-3H3. The van der Waals surface area contributed by atoms with Gasteiger partial charge in [-0.05, 0) is 26.0 Å². The number of carbonyl (C=O) groups is 1. The molecule has 1 N–H and O–H groups in total. The highest BCUT2D eigenvalue weighted by Gasteiger charge is 2.05. The van der Waals surface area contributed by atoms with Crippen LogP contribution in [0.3, 0.4) is 0 Å². The summed E-state index contributed by atoms with van der Waals surface area (Å²) in [6.07, 6.45) is 0.772. The molecule has 0 radical (unpaired) electrons. The van der Waals surface area contributed by atoms with Gasteiger partial charge in [0.2, 0.25) is 0 Å². The molecule has 0 amide bonds. The van der Waals surface area contributed by atoms with Crippen molar-refractivity contribution in [2.75, 3.05) is 11.9 Å². The molecule has 3 nitrogen and oxygen atoms in total. The summed E-state index contributed by atoms with van der Waals surface area (Å²) < 4.78 is 5.03. The average molecular weight is 233 g/mol. The van der Waals surface area contributed by atoms with Crippen molar-refractivity contribution in [1.29, 1.82) is 0 Å². The summed E-state index contributed by atoms with van der Waals surface area (Å²) in [6, 6.07) is 10.2. The molecular weight excluding hydrogens is 214 g/mol. The molecule has 0 heterocycles. The van der Waals surface area contributed by atoms with Crippen LogP contribution >= 0.6 is 0 Å². The van der Waals surface area contributed by atoms with Crippen molar-refractivity contribution in [3.05, 3.63) is 42.5 Å². The minimum atomic E-state index is -0.322. The van der Waals surface area contributed by atoms with Crippen LogP contribution in [0.4, 0.5) is 5.69 Å². The number of ether oxygens (including phenoxy) is 1. The minimum absolute atomic E-state index is 0.260. The summed E-state index contributed by atoms with van der Waals surface area (Å²) in [4.78, 5) is 11.1. The molecule has 1 aromatic rings. The number of hydrogen-bond acceptors (Lipinski definition) is 3. The van der Waals surface area contributed by atoms with Crippen molar-refractivity contribution in [1.82, 2.24) is 0 Å². The van der Waals surface area contributed by atoms with Gasteiger partial charge in [-0.15, -0.1) is 0 Å². The van der Waals surface area contributed by atoms with Gasteiger partial charge in [-0.25, -0.2) is 4.79 Å². The molecule has 0 aliphatic heterocycles. The normalized spacial score (nSPS) is 11.6. The number of rotatable bonds is 6. The average Bonchev–Trinajstić information content (AvgIpc) is 2.30. The molecule has 3 heteroatoms. The Labute approximate surface area is 102 Å². The maximum atomic E-state index is 11.1. The molecule has 0 bridgehead atoms. The van der Waals surface area contributed by atoms with E-state index < -0.39 is 0 Å². The van der Waals surface area contributed by atoms with E-state index in [0.29, 0.717) is 12.2 Å². The van der Waals surface area contributed by atoms with Crippen molar-refractivity contribution in [2.45, 2.75) is 26.3 Å². The van der Waals surface area contributed by atoms with E-state index in [1.165, 1.54) is 0 Å². The fourth-order valence-corrected chi connectivity index (χ4v) is 1.34. The predicted molar refractivity (Wildman–Crippen MR) is 69.9 cm³/mol. The van der Waals surface area contributed by atoms with Crippen LogP contribution in [-0.2, 0) is 9.53 Å². The fraction of sp³-hybridized carbons (Fsp3) is 0.357. The Morgan fingerprint density at radius 1 is 1.41 bits per heavy atom. The summed E-state index contributed by atoms with van der Waals surface area (Å²) in [5, 5.41) is 3.33. The van der Waals surface area contributed by atoms with Crippen LogP contribution < -0.4 is 5.32 Å². The van der Waals surface area contributed by atoms with Crippen molar-refractivity contribution in [3.63, 3.8) is 0 Å². The molecule has 0 aliphatic carbocycles. The van der Waals surface area contributed by atoms with E-state index >= 15 is 0 Å². The molecule has 1 aromatic carbocycles. The number of hydrogen-bond donors (Lipinski definition) is 1. The van der Waals surface area contributed by atoms with Crippen LogP contribution in [-0.4, -0.2) is 18.6 Å². The van der Waals surface area contributed by atoms with Gasteiger partial charge in [-0.3, -0.25) is 0 Å². The Morgan fingerprint density at radius 2 is 2.06 bits per heavy atom. The second-order valence-electron chi connectivity index (χ2n) is 4.12. The number of carbonyl (C=O) groups excluding carboxylic acids is 1. The number of esters is 1. The van der Waals surface area contributed by atoms with Crippen molar-refractivity contribution >= 4 is 11.7 Å². The van der Waals surface area contributed by atoms with Crippen molar-refractivity contribution in [2.24, 2.45) is 0 Å². The first kappa shape index (κ1) is 13.3. The summed E-state index contributed by atoms with van der Waals surface area (Å²) in [5.74, 6) is -0.322. The second kappa shape index (κ2) is 6.74. The Balaban J connectivity index is 2.24. The van der Waals surface area contributed by atoms with E-state index in [0.717, 1.165) is 12.1 Å². The number of anilines is 1. The van der Waals surface area contributed by atoms with E-state index in [2.05, 4.69) is 18.8 Å². The first-order valence-electron chi connectivity index (χ1n) is 5.74. The zero-order valence-electron chi connectivity index (χ0n) is 10.4. The Kier molecular flexibility index (Phi) is 5.27. The number of benzene rings is 1. The van der Waals surface area contributed by atoms with Gasteiger partial charge in [0.05, 0.1) is 6.61 Å². The van der Waals surface area contributed by atoms with Gasteiger partial charge >= 0.3 is 5.97 Å². The second-order valence-corrected chi connectivity index (χ2v) is 4.12. The van der Waals surface area contributed by atoms with Gasteiger partial charge in [-0.2, -0.15) is 0 Å². The van der Waals surface area contributed by atoms with Gasteiger partial charge in [0.25, 0.3) is 0 Å². The highest BCUT2D eigenvalue weighted by atomic mass is 16.5. The van der Waals surface area contributed by atoms with Gasteiger partial charge in [-0.1, -0.05) is 24.8 Å². The summed E-state index contributed by atoms with van der Waals surface area (Å²) in [5.41, 5.74) is 1.51. The quantitative estimate of drug-likeness (QED) is 0.606. The summed E-state index contributed by atoms with van der Waals surface area (Å²) in [7, 11) is 0. The Bertz CT molecular complexity index is 373. The van der Waals surface area contributed by atoms with Gasteiger partial charge in [0, 0.05) is 23.7 Å². The van der Waals surface area contributed by atoms with Gasteiger partial charge in [0.1, 0.15) is 0 Å². The number of para-hydroxylation sites is 1. The lowest BCUT2D eigenvalue weighted by molar-refractivity contribution is -0.139. The SMILES string of the molecule is C=C(C)C(=O)OCCC(C)Nc1ccccc1. The molecule has 0 saturated heterocycles. The van der Waals surface area contributed by atoms with Crippen LogP contribution in [0.5, 0.6) is 0 Å². The summed E-state index contributed by atoms with van der Waals surface area (Å²) >= 11 is 0. The largest absolute Gasteiger partial charge is 0.462 e. The van der Waals surface area contributed by atoms with E-state index in [9.17, 15) is 4.79 Å². The maximum absolute atomic E-state index is 11.1. The zero-order valence-corrected chi connectivity index (χ0v) is 10.4. The lowest BCUT2D eigenvalue weighted by Gasteiger charge is -2.15. The van der Waals surface area contributed by atoms with Crippen LogP contribution in [0.2, 0.25) is 0 Å². The molecule has 0 aliphatic rings. The first-order valence-corrected chi connectivity index (χ1v) is 5.74. The number of nitrogens with one attached hydrogen (secondary N) is 1.